The summed E-state index contributed by atoms with van der Waals surface area (Å²) in [4.78, 5) is 22.8. The summed E-state index contributed by atoms with van der Waals surface area (Å²) in [5.74, 6) is -0.374. The topological polar surface area (TPSA) is 82.0 Å². The van der Waals surface area contributed by atoms with Crippen molar-refractivity contribution in [2.45, 2.75) is 12.8 Å². The number of nitriles is 1. The van der Waals surface area contributed by atoms with Crippen LogP contribution in [0.15, 0.2) is 42.5 Å². The molecule has 0 aromatic heterocycles. The fraction of sp³-hybridized carbons (Fsp3) is 0.267. The highest BCUT2D eigenvalue weighted by Crippen LogP contribution is 1.98. The zero-order valence-corrected chi connectivity index (χ0v) is 11.1. The van der Waals surface area contributed by atoms with E-state index in [2.05, 4.69) is 10.6 Å². The van der Waals surface area contributed by atoms with Crippen LogP contribution in [0.3, 0.4) is 0 Å². The summed E-state index contributed by atoms with van der Waals surface area (Å²) >= 11 is 0. The first-order chi connectivity index (χ1) is 9.74. The number of rotatable bonds is 7. The highest BCUT2D eigenvalue weighted by Gasteiger charge is 2.02. The zero-order valence-electron chi connectivity index (χ0n) is 11.1. The number of carbonyl (C=O) groups is 2. The van der Waals surface area contributed by atoms with Crippen LogP contribution in [0.5, 0.6) is 0 Å². The number of nitrogens with one attached hydrogen (secondary N) is 2. The van der Waals surface area contributed by atoms with Crippen LogP contribution in [0.25, 0.3) is 0 Å². The van der Waals surface area contributed by atoms with Gasteiger partial charge in [0.25, 0.3) is 5.91 Å². The Morgan fingerprint density at radius 2 is 1.95 bits per heavy atom. The Balaban J connectivity index is 2.14. The third-order valence-corrected chi connectivity index (χ3v) is 2.48. The molecule has 20 heavy (non-hydrogen) atoms. The van der Waals surface area contributed by atoms with E-state index in [1.165, 1.54) is 6.08 Å². The molecule has 0 aliphatic carbocycles. The van der Waals surface area contributed by atoms with E-state index < -0.39 is 0 Å². The minimum Gasteiger partial charge on any atom is -0.352 e. The van der Waals surface area contributed by atoms with Crippen molar-refractivity contribution < 1.29 is 9.59 Å². The van der Waals surface area contributed by atoms with Crippen molar-refractivity contribution in [3.8, 4) is 6.07 Å². The standard InChI is InChI=1S/C15H17N3O2/c16-10-12-17-14(19)9-5-2-6-11-18-15(20)13-7-3-1-4-8-13/h1,3-5,7-9H,2,6,11-12H2,(H,17,19)(H,18,20). The molecule has 0 atom stereocenters. The lowest BCUT2D eigenvalue weighted by atomic mass is 10.2. The minimum absolute atomic E-state index is 0.0102. The van der Waals surface area contributed by atoms with Gasteiger partial charge >= 0.3 is 0 Å². The minimum atomic E-state index is -0.278. The second kappa shape index (κ2) is 9.34. The molecule has 0 spiro atoms. The molecule has 0 heterocycles. The van der Waals surface area contributed by atoms with Gasteiger partial charge in [0.2, 0.25) is 5.91 Å². The van der Waals surface area contributed by atoms with Crippen LogP contribution in [0, 0.1) is 11.3 Å². The summed E-state index contributed by atoms with van der Waals surface area (Å²) in [5, 5.41) is 13.5. The average molecular weight is 271 g/mol. The Hall–Kier alpha value is -2.61. The van der Waals surface area contributed by atoms with Gasteiger partial charge in [-0.25, -0.2) is 0 Å². The molecule has 104 valence electrons. The van der Waals surface area contributed by atoms with Crippen molar-refractivity contribution in [1.82, 2.24) is 10.6 Å². The van der Waals surface area contributed by atoms with E-state index in [4.69, 9.17) is 5.26 Å². The smallest absolute Gasteiger partial charge is 0.251 e. The van der Waals surface area contributed by atoms with Gasteiger partial charge in [-0.2, -0.15) is 5.26 Å². The van der Waals surface area contributed by atoms with E-state index in [1.54, 1.807) is 18.2 Å². The molecule has 1 rings (SSSR count). The van der Waals surface area contributed by atoms with Gasteiger partial charge in [0, 0.05) is 12.1 Å². The lowest BCUT2D eigenvalue weighted by Crippen LogP contribution is -2.24. The Morgan fingerprint density at radius 3 is 2.65 bits per heavy atom. The van der Waals surface area contributed by atoms with Gasteiger partial charge in [-0.05, 0) is 31.1 Å². The van der Waals surface area contributed by atoms with Gasteiger partial charge in [0.1, 0.15) is 6.54 Å². The highest BCUT2D eigenvalue weighted by molar-refractivity contribution is 5.94. The van der Waals surface area contributed by atoms with E-state index in [0.29, 0.717) is 18.5 Å². The van der Waals surface area contributed by atoms with Crippen LogP contribution >= 0.6 is 0 Å². The number of benzene rings is 1. The number of unbranched alkanes of at least 4 members (excludes halogenated alkanes) is 1. The average Bonchev–Trinajstić information content (AvgIpc) is 2.49. The molecule has 2 N–H and O–H groups in total. The second-order valence-corrected chi connectivity index (χ2v) is 4.04. The van der Waals surface area contributed by atoms with Crippen LogP contribution in [-0.4, -0.2) is 24.9 Å². The zero-order chi connectivity index (χ0) is 14.6. The third-order valence-electron chi connectivity index (χ3n) is 2.48. The van der Waals surface area contributed by atoms with Gasteiger partial charge < -0.3 is 10.6 Å². The Kier molecular flexibility index (Phi) is 7.21. The Labute approximate surface area is 118 Å². The third kappa shape index (κ3) is 6.36. The molecule has 0 fully saturated rings. The molecular formula is C15H17N3O2. The second-order valence-electron chi connectivity index (χ2n) is 4.04. The fourth-order valence-corrected chi connectivity index (χ4v) is 1.49. The molecule has 0 saturated heterocycles. The number of carbonyl (C=O) groups excluding carboxylic acids is 2. The molecular weight excluding hydrogens is 254 g/mol. The largest absolute Gasteiger partial charge is 0.352 e. The molecule has 0 aliphatic rings. The quantitative estimate of drug-likeness (QED) is 0.446. The fourth-order valence-electron chi connectivity index (χ4n) is 1.49. The maximum atomic E-state index is 11.7. The predicted molar refractivity (Wildman–Crippen MR) is 75.8 cm³/mol. The van der Waals surface area contributed by atoms with Gasteiger partial charge in [-0.1, -0.05) is 24.3 Å². The molecule has 0 aliphatic heterocycles. The lowest BCUT2D eigenvalue weighted by molar-refractivity contribution is -0.116. The highest BCUT2D eigenvalue weighted by atomic mass is 16.2. The van der Waals surface area contributed by atoms with Gasteiger partial charge in [0.15, 0.2) is 0 Å². The van der Waals surface area contributed by atoms with Crippen LogP contribution in [-0.2, 0) is 4.79 Å². The summed E-state index contributed by atoms with van der Waals surface area (Å²) in [6, 6.07) is 10.8. The molecule has 2 amide bonds. The van der Waals surface area contributed by atoms with E-state index in [-0.39, 0.29) is 18.4 Å². The van der Waals surface area contributed by atoms with Crippen molar-refractivity contribution in [2.24, 2.45) is 0 Å². The van der Waals surface area contributed by atoms with E-state index >= 15 is 0 Å². The molecule has 0 unspecified atom stereocenters. The predicted octanol–water partition coefficient (Wildman–Crippen LogP) is 1.39. The normalized spacial score (nSPS) is 9.95. The van der Waals surface area contributed by atoms with Crippen molar-refractivity contribution in [3.05, 3.63) is 48.0 Å². The molecule has 0 saturated carbocycles. The van der Waals surface area contributed by atoms with Crippen molar-refractivity contribution >= 4 is 11.8 Å². The first-order valence-electron chi connectivity index (χ1n) is 6.38. The van der Waals surface area contributed by atoms with Gasteiger partial charge in [-0.3, -0.25) is 9.59 Å². The summed E-state index contributed by atoms with van der Waals surface area (Å²) < 4.78 is 0. The molecule has 1 aromatic carbocycles. The van der Waals surface area contributed by atoms with Crippen molar-refractivity contribution in [2.75, 3.05) is 13.1 Å². The SMILES string of the molecule is N#CCNC(=O)C=CCCCNC(=O)c1ccccc1. The van der Waals surface area contributed by atoms with E-state index in [0.717, 1.165) is 6.42 Å². The number of nitrogens with zero attached hydrogens (tertiary/aromatic N) is 1. The maximum Gasteiger partial charge on any atom is 0.251 e. The van der Waals surface area contributed by atoms with E-state index in [9.17, 15) is 9.59 Å². The molecule has 5 nitrogen and oxygen atoms in total. The summed E-state index contributed by atoms with van der Waals surface area (Å²) in [5.41, 5.74) is 0.638. The van der Waals surface area contributed by atoms with Crippen molar-refractivity contribution in [3.63, 3.8) is 0 Å². The molecule has 5 heteroatoms. The van der Waals surface area contributed by atoms with Gasteiger partial charge in [-0.15, -0.1) is 0 Å². The van der Waals surface area contributed by atoms with E-state index in [1.807, 2.05) is 24.3 Å². The first kappa shape index (κ1) is 15.4. The maximum absolute atomic E-state index is 11.7. The number of allylic oxidation sites excluding steroid dienone is 1. The lowest BCUT2D eigenvalue weighted by Gasteiger charge is -2.03. The number of hydrogen-bond donors (Lipinski definition) is 2. The molecule has 0 bridgehead atoms. The number of amides is 2. The Morgan fingerprint density at radius 1 is 1.20 bits per heavy atom. The Bertz CT molecular complexity index is 504. The molecule has 1 aromatic rings. The summed E-state index contributed by atoms with van der Waals surface area (Å²) in [7, 11) is 0. The van der Waals surface area contributed by atoms with Crippen molar-refractivity contribution in [1.29, 1.82) is 5.26 Å². The van der Waals surface area contributed by atoms with Crippen LogP contribution in [0.2, 0.25) is 0 Å². The van der Waals surface area contributed by atoms with Gasteiger partial charge in [0.05, 0.1) is 6.07 Å². The first-order valence-corrected chi connectivity index (χ1v) is 6.38. The molecule has 0 radical (unpaired) electrons. The van der Waals surface area contributed by atoms with Crippen LogP contribution < -0.4 is 10.6 Å². The van der Waals surface area contributed by atoms with Crippen LogP contribution in [0.1, 0.15) is 23.2 Å². The summed E-state index contributed by atoms with van der Waals surface area (Å²) in [6.45, 7) is 0.564. The number of hydrogen-bond acceptors (Lipinski definition) is 3. The van der Waals surface area contributed by atoms with Crippen LogP contribution in [0.4, 0.5) is 0 Å². The monoisotopic (exact) mass is 271 g/mol. The summed E-state index contributed by atoms with van der Waals surface area (Å²) in [6.07, 6.45) is 4.56.